The first-order chi connectivity index (χ1) is 20.3. The quantitative estimate of drug-likeness (QED) is 0.239. The molecule has 1 aliphatic heterocycles. The van der Waals surface area contributed by atoms with E-state index in [0.29, 0.717) is 43.6 Å². The van der Waals surface area contributed by atoms with Crippen molar-refractivity contribution in [2.24, 2.45) is 4.99 Å². The molecule has 6 rings (SSSR count). The number of aromatic nitrogens is 1. The number of thiazole rings is 1. The first-order valence-corrected chi connectivity index (χ1v) is 14.8. The number of para-hydroxylation sites is 1. The smallest absolute Gasteiger partial charge is 0.271 e. The van der Waals surface area contributed by atoms with E-state index >= 15 is 0 Å². The van der Waals surface area contributed by atoms with E-state index in [-0.39, 0.29) is 11.5 Å². The number of anilines is 1. The van der Waals surface area contributed by atoms with Crippen LogP contribution in [-0.4, -0.2) is 17.6 Å². The Morgan fingerprint density at radius 3 is 2.62 bits per heavy atom. The van der Waals surface area contributed by atoms with Gasteiger partial charge in [-0.25, -0.2) is 4.99 Å². The van der Waals surface area contributed by atoms with Gasteiger partial charge < -0.3 is 14.5 Å². The standard InChI is InChI=1S/C33H26BrN3O4S/c1-19-12-14-25(26(34)16-19)27-15-13-24(41-27)18-28-32(39)37-30(21-8-7-11-23(17-21)40-3)29(20(2)35-33(37)42-28)31(38)36-22-9-5-4-6-10-22/h4-18,30H,1-3H3,(H,36,38)/b28-18-. The van der Waals surface area contributed by atoms with Crippen LogP contribution in [0.15, 0.2) is 115 Å². The third-order valence-electron chi connectivity index (χ3n) is 7.00. The maximum atomic E-state index is 14.0. The zero-order valence-electron chi connectivity index (χ0n) is 23.1. The van der Waals surface area contributed by atoms with Crippen molar-refractivity contribution in [3.8, 4) is 17.1 Å². The van der Waals surface area contributed by atoms with Crippen LogP contribution in [0.5, 0.6) is 5.75 Å². The van der Waals surface area contributed by atoms with Crippen LogP contribution in [0.25, 0.3) is 17.4 Å². The molecule has 7 nitrogen and oxygen atoms in total. The van der Waals surface area contributed by atoms with E-state index in [1.165, 1.54) is 11.3 Å². The molecule has 0 bridgehead atoms. The van der Waals surface area contributed by atoms with Gasteiger partial charge in [0.15, 0.2) is 4.80 Å². The summed E-state index contributed by atoms with van der Waals surface area (Å²) in [5.74, 6) is 1.52. The SMILES string of the molecule is COc1cccc(C2C(C(=O)Nc3ccccc3)=C(C)N=c3s/c(=C\c4ccc(-c5ccc(C)cc5Br)o4)c(=O)n32)c1. The fourth-order valence-electron chi connectivity index (χ4n) is 4.98. The summed E-state index contributed by atoms with van der Waals surface area (Å²) in [6.45, 7) is 3.82. The highest BCUT2D eigenvalue weighted by Gasteiger charge is 2.32. The number of amides is 1. The molecule has 0 radical (unpaired) electrons. The predicted molar refractivity (Wildman–Crippen MR) is 168 cm³/mol. The second kappa shape index (κ2) is 11.4. The first-order valence-electron chi connectivity index (χ1n) is 13.2. The summed E-state index contributed by atoms with van der Waals surface area (Å²) >= 11 is 4.87. The highest BCUT2D eigenvalue weighted by atomic mass is 79.9. The fourth-order valence-corrected chi connectivity index (χ4v) is 6.70. The molecule has 9 heteroatoms. The van der Waals surface area contributed by atoms with Crippen LogP contribution in [-0.2, 0) is 4.79 Å². The molecule has 2 aromatic heterocycles. The summed E-state index contributed by atoms with van der Waals surface area (Å²) in [5, 5.41) is 2.97. The van der Waals surface area contributed by atoms with Crippen molar-refractivity contribution in [3.63, 3.8) is 0 Å². The van der Waals surface area contributed by atoms with Gasteiger partial charge in [0.25, 0.3) is 11.5 Å². The Morgan fingerprint density at radius 1 is 1.05 bits per heavy atom. The molecule has 0 saturated heterocycles. The molecule has 0 saturated carbocycles. The molecule has 3 heterocycles. The lowest BCUT2D eigenvalue weighted by Crippen LogP contribution is -2.40. The van der Waals surface area contributed by atoms with Crippen LogP contribution >= 0.6 is 27.3 Å². The minimum atomic E-state index is -0.710. The number of benzene rings is 3. The molecule has 1 amide bonds. The van der Waals surface area contributed by atoms with Crippen LogP contribution in [0, 0.1) is 6.92 Å². The van der Waals surface area contributed by atoms with Crippen molar-refractivity contribution in [1.29, 1.82) is 0 Å². The Balaban J connectivity index is 1.46. The molecule has 0 aliphatic carbocycles. The minimum absolute atomic E-state index is 0.265. The van der Waals surface area contributed by atoms with Gasteiger partial charge in [-0.15, -0.1) is 0 Å². The van der Waals surface area contributed by atoms with Gasteiger partial charge in [-0.1, -0.05) is 63.7 Å². The van der Waals surface area contributed by atoms with Gasteiger partial charge in [-0.05, 0) is 73.5 Å². The third-order valence-corrected chi connectivity index (χ3v) is 8.64. The molecule has 5 aromatic rings. The molecule has 3 aromatic carbocycles. The van der Waals surface area contributed by atoms with Crippen LogP contribution in [0.1, 0.15) is 29.9 Å². The number of ether oxygens (including phenoxy) is 1. The number of allylic oxidation sites excluding steroid dienone is 1. The van der Waals surface area contributed by atoms with Crippen molar-refractivity contribution in [3.05, 3.63) is 137 Å². The second-order valence-corrected chi connectivity index (χ2v) is 11.7. The van der Waals surface area contributed by atoms with E-state index in [2.05, 4.69) is 21.2 Å². The molecule has 0 fully saturated rings. The molecule has 0 spiro atoms. The Bertz CT molecular complexity index is 2040. The lowest BCUT2D eigenvalue weighted by molar-refractivity contribution is -0.113. The number of halogens is 1. The Labute approximate surface area is 254 Å². The van der Waals surface area contributed by atoms with E-state index in [1.807, 2.05) is 91.9 Å². The highest BCUT2D eigenvalue weighted by Crippen LogP contribution is 2.33. The number of methoxy groups -OCH3 is 1. The molecular formula is C33H26BrN3O4S. The zero-order chi connectivity index (χ0) is 29.4. The molecule has 1 unspecified atom stereocenters. The summed E-state index contributed by atoms with van der Waals surface area (Å²) in [5.41, 5.74) is 4.10. The molecule has 1 N–H and O–H groups in total. The van der Waals surface area contributed by atoms with E-state index in [4.69, 9.17) is 14.1 Å². The summed E-state index contributed by atoms with van der Waals surface area (Å²) in [4.78, 5) is 32.9. The van der Waals surface area contributed by atoms with Crippen molar-refractivity contribution in [2.45, 2.75) is 19.9 Å². The highest BCUT2D eigenvalue weighted by molar-refractivity contribution is 9.10. The number of carbonyl (C=O) groups excluding carboxylic acids is 1. The number of furan rings is 1. The molecule has 1 aliphatic rings. The van der Waals surface area contributed by atoms with Crippen LogP contribution in [0.4, 0.5) is 5.69 Å². The number of carbonyl (C=O) groups is 1. The topological polar surface area (TPSA) is 85.8 Å². The number of aryl methyl sites for hydroxylation is 1. The third kappa shape index (κ3) is 5.29. The van der Waals surface area contributed by atoms with E-state index in [1.54, 1.807) is 24.7 Å². The Kier molecular flexibility index (Phi) is 7.53. The van der Waals surface area contributed by atoms with E-state index in [0.717, 1.165) is 21.2 Å². The number of fused-ring (bicyclic) bond motifs is 1. The van der Waals surface area contributed by atoms with E-state index < -0.39 is 6.04 Å². The Hall–Kier alpha value is -4.47. The maximum Gasteiger partial charge on any atom is 0.271 e. The number of hydrogen-bond donors (Lipinski definition) is 1. The summed E-state index contributed by atoms with van der Waals surface area (Å²) < 4.78 is 14.6. The number of nitrogens with zero attached hydrogens (tertiary/aromatic N) is 2. The van der Waals surface area contributed by atoms with Crippen molar-refractivity contribution in [2.75, 3.05) is 12.4 Å². The van der Waals surface area contributed by atoms with Crippen LogP contribution in [0.3, 0.4) is 0 Å². The lowest BCUT2D eigenvalue weighted by atomic mass is 9.95. The Morgan fingerprint density at radius 2 is 1.86 bits per heavy atom. The summed E-state index contributed by atoms with van der Waals surface area (Å²) in [7, 11) is 1.58. The van der Waals surface area contributed by atoms with Gasteiger partial charge in [0.05, 0.1) is 29.0 Å². The van der Waals surface area contributed by atoms with Gasteiger partial charge in [0.2, 0.25) is 0 Å². The van der Waals surface area contributed by atoms with Gasteiger partial charge in [-0.3, -0.25) is 14.2 Å². The molecular weight excluding hydrogens is 614 g/mol. The van der Waals surface area contributed by atoms with E-state index in [9.17, 15) is 9.59 Å². The van der Waals surface area contributed by atoms with Gasteiger partial charge in [0, 0.05) is 21.8 Å². The first kappa shape index (κ1) is 27.7. The van der Waals surface area contributed by atoms with Crippen molar-refractivity contribution in [1.82, 2.24) is 4.57 Å². The minimum Gasteiger partial charge on any atom is -0.497 e. The summed E-state index contributed by atoms with van der Waals surface area (Å²) in [6.07, 6.45) is 1.72. The largest absolute Gasteiger partial charge is 0.497 e. The monoisotopic (exact) mass is 639 g/mol. The number of nitrogens with one attached hydrogen (secondary N) is 1. The molecule has 210 valence electrons. The van der Waals surface area contributed by atoms with Crippen molar-refractivity contribution >= 4 is 44.9 Å². The predicted octanol–water partition coefficient (Wildman–Crippen LogP) is 6.21. The van der Waals surface area contributed by atoms with Crippen LogP contribution in [0.2, 0.25) is 0 Å². The second-order valence-electron chi connectivity index (χ2n) is 9.86. The zero-order valence-corrected chi connectivity index (χ0v) is 25.5. The number of hydrogen-bond acceptors (Lipinski definition) is 6. The average molecular weight is 641 g/mol. The number of rotatable bonds is 6. The normalized spacial score (nSPS) is 14.9. The van der Waals surface area contributed by atoms with Gasteiger partial charge in [-0.2, -0.15) is 0 Å². The fraction of sp³-hybridized carbons (Fsp3) is 0.121. The van der Waals surface area contributed by atoms with Crippen molar-refractivity contribution < 1.29 is 13.9 Å². The summed E-state index contributed by atoms with van der Waals surface area (Å²) in [6, 6.07) is 25.7. The molecule has 42 heavy (non-hydrogen) atoms. The van der Waals surface area contributed by atoms with Gasteiger partial charge >= 0.3 is 0 Å². The molecule has 1 atom stereocenters. The lowest BCUT2D eigenvalue weighted by Gasteiger charge is -2.25. The van der Waals surface area contributed by atoms with Gasteiger partial charge in [0.1, 0.15) is 17.3 Å². The average Bonchev–Trinajstić information content (AvgIpc) is 3.56. The maximum absolute atomic E-state index is 14.0. The van der Waals surface area contributed by atoms with Crippen LogP contribution < -0.4 is 24.9 Å².